The van der Waals surface area contributed by atoms with Crippen LogP contribution in [0.4, 0.5) is 5.69 Å². The molecule has 0 aliphatic carbocycles. The number of carbonyl (C=O) groups is 2. The van der Waals surface area contributed by atoms with E-state index in [0.29, 0.717) is 18.7 Å². The van der Waals surface area contributed by atoms with Crippen molar-refractivity contribution in [1.82, 2.24) is 15.8 Å². The van der Waals surface area contributed by atoms with E-state index in [0.717, 1.165) is 26.2 Å². The molecule has 0 aromatic heterocycles. The van der Waals surface area contributed by atoms with Crippen LogP contribution in [0, 0.1) is 0 Å². The zero-order valence-electron chi connectivity index (χ0n) is 19.3. The van der Waals surface area contributed by atoms with Gasteiger partial charge >= 0.3 is 0 Å². The van der Waals surface area contributed by atoms with Crippen LogP contribution in [-0.2, 0) is 15.0 Å². The number of amides is 2. The number of rotatable bonds is 7. The van der Waals surface area contributed by atoms with Crippen LogP contribution in [0.3, 0.4) is 0 Å². The summed E-state index contributed by atoms with van der Waals surface area (Å²) in [5.41, 5.74) is 7.38. The van der Waals surface area contributed by atoms with Crippen LogP contribution in [0.5, 0.6) is 5.75 Å². The number of piperazine rings is 1. The molecule has 1 saturated heterocycles. The molecular formula is C25H34N4O3. The van der Waals surface area contributed by atoms with Crippen molar-refractivity contribution in [1.29, 1.82) is 0 Å². The summed E-state index contributed by atoms with van der Waals surface area (Å²) in [5.74, 6) is 0.0159. The lowest BCUT2D eigenvalue weighted by atomic mass is 9.87. The van der Waals surface area contributed by atoms with Gasteiger partial charge in [-0.2, -0.15) is 0 Å². The number of anilines is 1. The van der Waals surface area contributed by atoms with Gasteiger partial charge in [0.15, 0.2) is 6.61 Å². The Morgan fingerprint density at radius 3 is 2.12 bits per heavy atom. The molecule has 0 unspecified atom stereocenters. The molecule has 0 bridgehead atoms. The number of nitrogens with zero attached hydrogens (tertiary/aromatic N) is 2. The van der Waals surface area contributed by atoms with Crippen molar-refractivity contribution in [2.45, 2.75) is 32.6 Å². The molecule has 0 saturated carbocycles. The number of benzene rings is 2. The summed E-state index contributed by atoms with van der Waals surface area (Å²) in [4.78, 5) is 28.7. The number of para-hydroxylation sites is 1. The summed E-state index contributed by atoms with van der Waals surface area (Å²) in [7, 11) is 0. The van der Waals surface area contributed by atoms with Crippen molar-refractivity contribution in [3.05, 3.63) is 60.2 Å². The zero-order chi connectivity index (χ0) is 23.0. The van der Waals surface area contributed by atoms with Crippen molar-refractivity contribution in [3.63, 3.8) is 0 Å². The van der Waals surface area contributed by atoms with E-state index in [-0.39, 0.29) is 17.9 Å². The Morgan fingerprint density at radius 1 is 0.875 bits per heavy atom. The van der Waals surface area contributed by atoms with E-state index in [9.17, 15) is 9.59 Å². The maximum Gasteiger partial charge on any atom is 0.276 e. The molecule has 2 N–H and O–H groups in total. The maximum absolute atomic E-state index is 12.1. The number of ether oxygens (including phenoxy) is 1. The van der Waals surface area contributed by atoms with Crippen LogP contribution in [0.2, 0.25) is 0 Å². The molecule has 2 aromatic rings. The molecule has 2 amide bonds. The lowest BCUT2D eigenvalue weighted by Crippen LogP contribution is -2.48. The van der Waals surface area contributed by atoms with Crippen LogP contribution in [0.25, 0.3) is 0 Å². The van der Waals surface area contributed by atoms with Gasteiger partial charge in [0, 0.05) is 44.8 Å². The van der Waals surface area contributed by atoms with E-state index in [1.807, 2.05) is 42.5 Å². The quantitative estimate of drug-likeness (QED) is 0.651. The van der Waals surface area contributed by atoms with Crippen molar-refractivity contribution in [3.8, 4) is 5.75 Å². The highest BCUT2D eigenvalue weighted by atomic mass is 16.5. The number of hydrogen-bond acceptors (Lipinski definition) is 5. The summed E-state index contributed by atoms with van der Waals surface area (Å²) in [6, 6.07) is 18.1. The molecule has 7 nitrogen and oxygen atoms in total. The number of carbonyl (C=O) groups excluding carboxylic acids is 2. The van der Waals surface area contributed by atoms with E-state index >= 15 is 0 Å². The minimum absolute atomic E-state index is 0.0651. The predicted molar refractivity (Wildman–Crippen MR) is 127 cm³/mol. The van der Waals surface area contributed by atoms with E-state index in [4.69, 9.17) is 4.74 Å². The molecule has 0 atom stereocenters. The summed E-state index contributed by atoms with van der Waals surface area (Å²) < 4.78 is 5.49. The third kappa shape index (κ3) is 7.27. The Kier molecular flexibility index (Phi) is 8.11. The lowest BCUT2D eigenvalue weighted by molar-refractivity contribution is -0.130. The van der Waals surface area contributed by atoms with Gasteiger partial charge in [0.1, 0.15) is 5.75 Å². The third-order valence-electron chi connectivity index (χ3n) is 5.58. The first-order valence-corrected chi connectivity index (χ1v) is 11.1. The van der Waals surface area contributed by atoms with Gasteiger partial charge in [-0.25, -0.2) is 0 Å². The van der Waals surface area contributed by atoms with Gasteiger partial charge in [0.05, 0.1) is 0 Å². The smallest absolute Gasteiger partial charge is 0.276 e. The summed E-state index contributed by atoms with van der Waals surface area (Å²) in [6.07, 6.45) is 0.334. The Bertz CT molecular complexity index is 870. The van der Waals surface area contributed by atoms with Gasteiger partial charge in [-0.1, -0.05) is 51.1 Å². The fourth-order valence-electron chi connectivity index (χ4n) is 3.57. The second-order valence-electron chi connectivity index (χ2n) is 9.07. The average Bonchev–Trinajstić information content (AvgIpc) is 2.80. The standard InChI is InChI=1S/C25H34N4O3/c1-25(2,3)20-9-11-22(12-10-20)32-19-24(31)27-26-23(30)13-14-28-15-17-29(18-16-28)21-7-5-4-6-8-21/h4-12H,13-19H2,1-3H3,(H,26,30)(H,27,31). The molecule has 3 rings (SSSR count). The molecule has 1 aliphatic heterocycles. The molecule has 1 aliphatic rings. The Balaban J connectivity index is 1.29. The first kappa shape index (κ1) is 23.6. The highest BCUT2D eigenvalue weighted by Gasteiger charge is 2.18. The summed E-state index contributed by atoms with van der Waals surface area (Å²) in [5, 5.41) is 0. The van der Waals surface area contributed by atoms with Gasteiger partial charge in [-0.15, -0.1) is 0 Å². The van der Waals surface area contributed by atoms with Crippen molar-refractivity contribution in [2.75, 3.05) is 44.2 Å². The van der Waals surface area contributed by atoms with Crippen molar-refractivity contribution in [2.24, 2.45) is 0 Å². The van der Waals surface area contributed by atoms with Gasteiger partial charge in [0.2, 0.25) is 5.91 Å². The minimum Gasteiger partial charge on any atom is -0.484 e. The first-order valence-electron chi connectivity index (χ1n) is 11.1. The molecule has 0 spiro atoms. The molecule has 172 valence electrons. The van der Waals surface area contributed by atoms with E-state index in [1.165, 1.54) is 11.3 Å². The molecular weight excluding hydrogens is 404 g/mol. The fourth-order valence-corrected chi connectivity index (χ4v) is 3.57. The summed E-state index contributed by atoms with van der Waals surface area (Å²) in [6.45, 7) is 10.6. The van der Waals surface area contributed by atoms with Crippen LogP contribution >= 0.6 is 0 Å². The number of nitrogens with one attached hydrogen (secondary N) is 2. The van der Waals surface area contributed by atoms with Crippen molar-refractivity contribution >= 4 is 17.5 Å². The van der Waals surface area contributed by atoms with Crippen LogP contribution < -0.4 is 20.5 Å². The molecule has 32 heavy (non-hydrogen) atoms. The third-order valence-corrected chi connectivity index (χ3v) is 5.58. The van der Waals surface area contributed by atoms with Crippen LogP contribution in [0.15, 0.2) is 54.6 Å². The van der Waals surface area contributed by atoms with Gasteiger partial charge in [0.25, 0.3) is 5.91 Å². The van der Waals surface area contributed by atoms with E-state index in [1.54, 1.807) is 0 Å². The van der Waals surface area contributed by atoms with E-state index < -0.39 is 5.91 Å². The Labute approximate surface area is 190 Å². The molecule has 2 aromatic carbocycles. The molecule has 0 radical (unpaired) electrons. The fraction of sp³-hybridized carbons (Fsp3) is 0.440. The average molecular weight is 439 g/mol. The highest BCUT2D eigenvalue weighted by molar-refractivity contribution is 5.82. The number of hydrazine groups is 1. The SMILES string of the molecule is CC(C)(C)c1ccc(OCC(=O)NNC(=O)CCN2CCN(c3ccccc3)CC2)cc1. The second kappa shape index (κ2) is 11.0. The maximum atomic E-state index is 12.1. The first-order chi connectivity index (χ1) is 15.3. The second-order valence-corrected chi connectivity index (χ2v) is 9.07. The largest absolute Gasteiger partial charge is 0.484 e. The highest BCUT2D eigenvalue weighted by Crippen LogP contribution is 2.24. The van der Waals surface area contributed by atoms with Gasteiger partial charge < -0.3 is 9.64 Å². The summed E-state index contributed by atoms with van der Waals surface area (Å²) >= 11 is 0. The van der Waals surface area contributed by atoms with Gasteiger partial charge in [-0.05, 0) is 35.2 Å². The van der Waals surface area contributed by atoms with Crippen LogP contribution in [0.1, 0.15) is 32.8 Å². The van der Waals surface area contributed by atoms with Crippen molar-refractivity contribution < 1.29 is 14.3 Å². The number of hydrogen-bond donors (Lipinski definition) is 2. The molecule has 1 heterocycles. The molecule has 1 fully saturated rings. The van der Waals surface area contributed by atoms with E-state index in [2.05, 4.69) is 53.6 Å². The lowest BCUT2D eigenvalue weighted by Gasteiger charge is -2.36. The normalized spacial score (nSPS) is 14.7. The minimum atomic E-state index is -0.394. The van der Waals surface area contributed by atoms with Gasteiger partial charge in [-0.3, -0.25) is 25.3 Å². The Morgan fingerprint density at radius 2 is 1.50 bits per heavy atom. The topological polar surface area (TPSA) is 73.9 Å². The monoisotopic (exact) mass is 438 g/mol. The molecule has 7 heteroatoms. The predicted octanol–water partition coefficient (Wildman–Crippen LogP) is 2.72. The Hall–Kier alpha value is -3.06. The zero-order valence-corrected chi connectivity index (χ0v) is 19.3. The van der Waals surface area contributed by atoms with Crippen LogP contribution in [-0.4, -0.2) is 56.0 Å².